The average molecular weight is 428 g/mol. The van der Waals surface area contributed by atoms with E-state index >= 15 is 0 Å². The van der Waals surface area contributed by atoms with Gasteiger partial charge in [0.05, 0.1) is 10.6 Å². The molecular weight excluding hydrogens is 394 g/mol. The Balaban J connectivity index is 0.000000828. The molecule has 0 saturated heterocycles. The molecular formula is C21H33NO6S. The lowest BCUT2D eigenvalue weighted by Gasteiger charge is -2.14. The Kier molecular flexibility index (Phi) is 14.5. The van der Waals surface area contributed by atoms with E-state index in [2.05, 4.69) is 12.2 Å². The van der Waals surface area contributed by atoms with Crippen LogP contribution in [0.3, 0.4) is 0 Å². The molecule has 0 amide bonds. The largest absolute Gasteiger partial charge is 0.478 e. The normalized spacial score (nSPS) is 12.2. The summed E-state index contributed by atoms with van der Waals surface area (Å²) in [4.78, 5) is 19.5. The highest BCUT2D eigenvalue weighted by Crippen LogP contribution is 2.11. The summed E-state index contributed by atoms with van der Waals surface area (Å²) in [5, 5.41) is 18.9. The first-order valence-electron chi connectivity index (χ1n) is 9.84. The van der Waals surface area contributed by atoms with Gasteiger partial charge < -0.3 is 15.5 Å². The Morgan fingerprint density at radius 1 is 0.966 bits per heavy atom. The van der Waals surface area contributed by atoms with Crippen molar-refractivity contribution in [1.82, 2.24) is 5.32 Å². The van der Waals surface area contributed by atoms with Gasteiger partial charge in [0, 0.05) is 18.2 Å². The molecule has 29 heavy (non-hydrogen) atoms. The molecule has 3 N–H and O–H groups in total. The number of aliphatic carboxylic acids is 2. The van der Waals surface area contributed by atoms with Crippen LogP contribution in [-0.2, 0) is 19.4 Å². The number of benzene rings is 1. The highest BCUT2D eigenvalue weighted by Gasteiger charge is 2.17. The highest BCUT2D eigenvalue weighted by molar-refractivity contribution is 7.91. The molecule has 0 bridgehead atoms. The molecule has 0 radical (unpaired) electrons. The quantitative estimate of drug-likeness (QED) is 0.325. The zero-order chi connectivity index (χ0) is 22.1. The molecule has 0 aliphatic carbocycles. The van der Waals surface area contributed by atoms with E-state index in [1.165, 1.54) is 32.1 Å². The van der Waals surface area contributed by atoms with E-state index in [1.807, 2.05) is 13.0 Å². The SMILES string of the molecule is CCCCCCCCNC(C)CS(=O)(=O)c1ccccc1.O=C(O)/C=C/C(=O)O. The first-order valence-corrected chi connectivity index (χ1v) is 11.5. The first-order chi connectivity index (χ1) is 13.7. The van der Waals surface area contributed by atoms with Gasteiger partial charge in [-0.3, -0.25) is 0 Å². The van der Waals surface area contributed by atoms with Crippen molar-refractivity contribution in [3.05, 3.63) is 42.5 Å². The monoisotopic (exact) mass is 427 g/mol. The van der Waals surface area contributed by atoms with Gasteiger partial charge in [0.1, 0.15) is 0 Å². The molecule has 0 aromatic heterocycles. The molecule has 164 valence electrons. The predicted octanol–water partition coefficient (Wildman–Crippen LogP) is 3.51. The lowest BCUT2D eigenvalue weighted by Crippen LogP contribution is -2.33. The molecule has 1 rings (SSSR count). The smallest absolute Gasteiger partial charge is 0.328 e. The minimum atomic E-state index is -3.18. The number of sulfone groups is 1. The van der Waals surface area contributed by atoms with Crippen LogP contribution in [0.5, 0.6) is 0 Å². The first kappa shape index (κ1) is 26.8. The van der Waals surface area contributed by atoms with Crippen LogP contribution in [0.25, 0.3) is 0 Å². The van der Waals surface area contributed by atoms with E-state index in [0.29, 0.717) is 17.0 Å². The Morgan fingerprint density at radius 2 is 1.48 bits per heavy atom. The van der Waals surface area contributed by atoms with Gasteiger partial charge in [-0.15, -0.1) is 0 Å². The zero-order valence-electron chi connectivity index (χ0n) is 17.2. The topological polar surface area (TPSA) is 121 Å². The van der Waals surface area contributed by atoms with Crippen molar-refractivity contribution < 1.29 is 28.2 Å². The third-order valence-electron chi connectivity index (χ3n) is 3.96. The molecule has 8 heteroatoms. The summed E-state index contributed by atoms with van der Waals surface area (Å²) in [5.74, 6) is -2.35. The predicted molar refractivity (Wildman–Crippen MR) is 114 cm³/mol. The van der Waals surface area contributed by atoms with Gasteiger partial charge >= 0.3 is 11.9 Å². The molecule has 0 aliphatic rings. The van der Waals surface area contributed by atoms with Crippen LogP contribution in [0.1, 0.15) is 52.4 Å². The van der Waals surface area contributed by atoms with E-state index in [1.54, 1.807) is 24.3 Å². The Hall–Kier alpha value is -2.19. The number of carbonyl (C=O) groups is 2. The fourth-order valence-corrected chi connectivity index (χ4v) is 4.05. The summed E-state index contributed by atoms with van der Waals surface area (Å²) in [5.41, 5.74) is 0. The van der Waals surface area contributed by atoms with Gasteiger partial charge in [-0.05, 0) is 32.0 Å². The second kappa shape index (κ2) is 15.7. The van der Waals surface area contributed by atoms with Crippen LogP contribution in [-0.4, -0.2) is 48.9 Å². The Morgan fingerprint density at radius 3 is 2.00 bits per heavy atom. The summed E-state index contributed by atoms with van der Waals surface area (Å²) in [7, 11) is -3.18. The number of hydrogen-bond acceptors (Lipinski definition) is 5. The molecule has 0 heterocycles. The number of carboxylic acids is 2. The standard InChI is InChI=1S/C17H29NO2S.C4H4O4/c1-3-4-5-6-7-11-14-18-16(2)15-21(19,20)17-12-9-8-10-13-17;5-3(6)1-2-4(7)8/h8-10,12-13,16,18H,3-7,11,14-15H2,1-2H3;1-2H,(H,5,6)(H,7,8)/b;2-1+. The van der Waals surface area contributed by atoms with Crippen molar-refractivity contribution in [1.29, 1.82) is 0 Å². The van der Waals surface area contributed by atoms with E-state index in [-0.39, 0.29) is 11.8 Å². The van der Waals surface area contributed by atoms with Crippen LogP contribution in [0.2, 0.25) is 0 Å². The van der Waals surface area contributed by atoms with Gasteiger partial charge in [-0.2, -0.15) is 0 Å². The van der Waals surface area contributed by atoms with Crippen LogP contribution in [0.15, 0.2) is 47.4 Å². The van der Waals surface area contributed by atoms with Gasteiger partial charge in [0.15, 0.2) is 9.84 Å². The second-order valence-electron chi connectivity index (χ2n) is 6.73. The maximum Gasteiger partial charge on any atom is 0.328 e. The van der Waals surface area contributed by atoms with Gasteiger partial charge in [-0.1, -0.05) is 57.2 Å². The Labute approximate surface area is 173 Å². The fourth-order valence-electron chi connectivity index (χ4n) is 2.51. The summed E-state index contributed by atoms with van der Waals surface area (Å²) >= 11 is 0. The van der Waals surface area contributed by atoms with E-state index in [0.717, 1.165) is 13.0 Å². The number of rotatable bonds is 13. The van der Waals surface area contributed by atoms with Crippen LogP contribution in [0, 0.1) is 0 Å². The molecule has 0 spiro atoms. The van der Waals surface area contributed by atoms with E-state index in [9.17, 15) is 18.0 Å². The summed E-state index contributed by atoms with van der Waals surface area (Å²) in [6, 6.07) is 8.68. The minimum absolute atomic E-state index is 0.00847. The number of nitrogens with one attached hydrogen (secondary N) is 1. The summed E-state index contributed by atoms with van der Waals surface area (Å²) < 4.78 is 24.4. The number of unbranched alkanes of at least 4 members (excludes halogenated alkanes) is 5. The molecule has 1 unspecified atom stereocenters. The zero-order valence-corrected chi connectivity index (χ0v) is 18.0. The molecule has 7 nitrogen and oxygen atoms in total. The maximum atomic E-state index is 12.2. The van der Waals surface area contributed by atoms with Gasteiger partial charge in [0.25, 0.3) is 0 Å². The minimum Gasteiger partial charge on any atom is -0.478 e. The molecule has 0 aliphatic heterocycles. The number of hydrogen-bond donors (Lipinski definition) is 3. The van der Waals surface area contributed by atoms with Crippen LogP contribution < -0.4 is 5.32 Å². The Bertz CT molecular complexity index is 700. The fraction of sp³-hybridized carbons (Fsp3) is 0.524. The van der Waals surface area contributed by atoms with Crippen LogP contribution in [0.4, 0.5) is 0 Å². The van der Waals surface area contributed by atoms with Crippen molar-refractivity contribution in [3.63, 3.8) is 0 Å². The highest BCUT2D eigenvalue weighted by atomic mass is 32.2. The van der Waals surface area contributed by atoms with Crippen molar-refractivity contribution in [2.45, 2.75) is 63.3 Å². The molecule has 0 fully saturated rings. The lowest BCUT2D eigenvalue weighted by atomic mass is 10.1. The van der Waals surface area contributed by atoms with Gasteiger partial charge in [0.2, 0.25) is 0 Å². The number of carboxylic acid groups (broad SMARTS) is 2. The molecule has 1 aromatic carbocycles. The van der Waals surface area contributed by atoms with Crippen molar-refractivity contribution in [3.8, 4) is 0 Å². The summed E-state index contributed by atoms with van der Waals surface area (Å²) in [6.07, 6.45) is 8.65. The molecule has 1 aromatic rings. The second-order valence-corrected chi connectivity index (χ2v) is 8.76. The van der Waals surface area contributed by atoms with Crippen LogP contribution >= 0.6 is 0 Å². The lowest BCUT2D eigenvalue weighted by molar-refractivity contribution is -0.134. The van der Waals surface area contributed by atoms with Gasteiger partial charge in [-0.25, -0.2) is 18.0 Å². The maximum absolute atomic E-state index is 12.2. The molecule has 1 atom stereocenters. The van der Waals surface area contributed by atoms with Crippen molar-refractivity contribution in [2.75, 3.05) is 12.3 Å². The third kappa shape index (κ3) is 15.4. The summed E-state index contributed by atoms with van der Waals surface area (Å²) in [6.45, 7) is 5.06. The average Bonchev–Trinajstić information content (AvgIpc) is 2.66. The van der Waals surface area contributed by atoms with Crippen molar-refractivity contribution >= 4 is 21.8 Å². The third-order valence-corrected chi connectivity index (χ3v) is 5.89. The molecule has 0 saturated carbocycles. The van der Waals surface area contributed by atoms with Crippen molar-refractivity contribution in [2.24, 2.45) is 0 Å². The van der Waals surface area contributed by atoms with E-state index in [4.69, 9.17) is 10.2 Å². The van der Waals surface area contributed by atoms with E-state index < -0.39 is 21.8 Å².